The van der Waals surface area contributed by atoms with Gasteiger partial charge in [0.1, 0.15) is 0 Å². The summed E-state index contributed by atoms with van der Waals surface area (Å²) in [5.74, 6) is 0. The Labute approximate surface area is 127 Å². The third-order valence-corrected chi connectivity index (χ3v) is 5.69. The second-order valence-corrected chi connectivity index (χ2v) is 7.41. The molecule has 1 atom stereocenters. The van der Waals surface area contributed by atoms with Gasteiger partial charge in [-0.2, -0.15) is 0 Å². The summed E-state index contributed by atoms with van der Waals surface area (Å²) in [4.78, 5) is 0. The first-order valence-electron chi connectivity index (χ1n) is 7.74. The SMILES string of the molecule is CC1(C)C(NCC(O)c2ccc3ccccc3c2)C1(C)C. The van der Waals surface area contributed by atoms with E-state index in [0.717, 1.165) is 5.56 Å². The topological polar surface area (TPSA) is 32.3 Å². The summed E-state index contributed by atoms with van der Waals surface area (Å²) in [5.41, 5.74) is 1.59. The van der Waals surface area contributed by atoms with Gasteiger partial charge in [-0.25, -0.2) is 0 Å². The Bertz CT molecular complexity index is 645. The zero-order valence-corrected chi connectivity index (χ0v) is 13.4. The minimum absolute atomic E-state index is 0.302. The molecule has 2 N–H and O–H groups in total. The normalized spacial score (nSPS) is 21.4. The van der Waals surface area contributed by atoms with Crippen LogP contribution in [0.2, 0.25) is 0 Å². The first-order chi connectivity index (χ1) is 9.84. The van der Waals surface area contributed by atoms with Crippen LogP contribution in [0.25, 0.3) is 10.8 Å². The fourth-order valence-corrected chi connectivity index (χ4v) is 3.47. The smallest absolute Gasteiger partial charge is 0.0914 e. The standard InChI is InChI=1S/C19H25NO/c1-18(2)17(19(18,3)4)20-12-16(21)15-10-9-13-7-5-6-8-14(13)11-15/h5-11,16-17,20-21H,12H2,1-4H3. The molecule has 0 aromatic heterocycles. The van der Waals surface area contributed by atoms with E-state index in [1.54, 1.807) is 0 Å². The number of nitrogens with one attached hydrogen (secondary N) is 1. The highest BCUT2D eigenvalue weighted by atomic mass is 16.3. The number of aliphatic hydroxyl groups is 1. The molecule has 1 aliphatic rings. The van der Waals surface area contributed by atoms with Crippen LogP contribution in [0.4, 0.5) is 0 Å². The summed E-state index contributed by atoms with van der Waals surface area (Å²) in [5, 5.41) is 16.4. The maximum absolute atomic E-state index is 10.4. The van der Waals surface area contributed by atoms with Crippen LogP contribution in [0.3, 0.4) is 0 Å². The molecule has 1 aliphatic carbocycles. The van der Waals surface area contributed by atoms with Gasteiger partial charge in [-0.15, -0.1) is 0 Å². The van der Waals surface area contributed by atoms with Crippen molar-refractivity contribution >= 4 is 10.8 Å². The van der Waals surface area contributed by atoms with Gasteiger partial charge in [0.2, 0.25) is 0 Å². The Morgan fingerprint density at radius 1 is 1.00 bits per heavy atom. The van der Waals surface area contributed by atoms with Gasteiger partial charge in [-0.05, 0) is 33.2 Å². The molecular formula is C19H25NO. The third-order valence-electron chi connectivity index (χ3n) is 5.69. The Morgan fingerprint density at radius 3 is 2.24 bits per heavy atom. The van der Waals surface area contributed by atoms with Crippen molar-refractivity contribution in [3.8, 4) is 0 Å². The predicted octanol–water partition coefficient (Wildman–Crippen LogP) is 3.90. The van der Waals surface area contributed by atoms with Gasteiger partial charge < -0.3 is 10.4 Å². The van der Waals surface area contributed by atoms with Crippen molar-refractivity contribution in [3.63, 3.8) is 0 Å². The molecule has 1 fully saturated rings. The summed E-state index contributed by atoms with van der Waals surface area (Å²) < 4.78 is 0. The lowest BCUT2D eigenvalue weighted by atomic mass is 10.0. The van der Waals surface area contributed by atoms with Crippen LogP contribution in [0.5, 0.6) is 0 Å². The zero-order valence-electron chi connectivity index (χ0n) is 13.4. The van der Waals surface area contributed by atoms with Crippen LogP contribution in [0.1, 0.15) is 39.4 Å². The molecule has 0 saturated heterocycles. The molecule has 21 heavy (non-hydrogen) atoms. The molecule has 1 saturated carbocycles. The fourth-order valence-electron chi connectivity index (χ4n) is 3.47. The summed E-state index contributed by atoms with van der Waals surface area (Å²) in [7, 11) is 0. The van der Waals surface area contributed by atoms with Gasteiger partial charge in [0, 0.05) is 12.6 Å². The molecule has 0 heterocycles. The van der Waals surface area contributed by atoms with Crippen LogP contribution in [0, 0.1) is 10.8 Å². The number of aliphatic hydroxyl groups excluding tert-OH is 1. The lowest BCUT2D eigenvalue weighted by Crippen LogP contribution is -2.27. The van der Waals surface area contributed by atoms with Crippen LogP contribution in [-0.2, 0) is 0 Å². The average molecular weight is 283 g/mol. The van der Waals surface area contributed by atoms with Gasteiger partial charge in [0.25, 0.3) is 0 Å². The van der Waals surface area contributed by atoms with Gasteiger partial charge in [0.15, 0.2) is 0 Å². The molecule has 2 heteroatoms. The van der Waals surface area contributed by atoms with Crippen LogP contribution < -0.4 is 5.32 Å². The number of hydrogen-bond donors (Lipinski definition) is 2. The van der Waals surface area contributed by atoms with Crippen molar-refractivity contribution in [1.82, 2.24) is 5.32 Å². The van der Waals surface area contributed by atoms with E-state index < -0.39 is 6.10 Å². The lowest BCUT2D eigenvalue weighted by Gasteiger charge is -2.14. The fraction of sp³-hybridized carbons (Fsp3) is 0.474. The highest BCUT2D eigenvalue weighted by Gasteiger charge is 2.64. The van der Waals surface area contributed by atoms with E-state index in [2.05, 4.69) is 57.3 Å². The summed E-state index contributed by atoms with van der Waals surface area (Å²) >= 11 is 0. The van der Waals surface area contributed by atoms with Crippen LogP contribution in [-0.4, -0.2) is 17.7 Å². The molecule has 2 nitrogen and oxygen atoms in total. The third kappa shape index (κ3) is 2.37. The number of hydrogen-bond acceptors (Lipinski definition) is 2. The highest BCUT2D eigenvalue weighted by molar-refractivity contribution is 5.83. The number of rotatable bonds is 4. The molecule has 0 radical (unpaired) electrons. The quantitative estimate of drug-likeness (QED) is 0.892. The highest BCUT2D eigenvalue weighted by Crippen LogP contribution is 2.62. The van der Waals surface area contributed by atoms with Crippen molar-refractivity contribution in [3.05, 3.63) is 48.0 Å². The van der Waals surface area contributed by atoms with Gasteiger partial charge >= 0.3 is 0 Å². The monoisotopic (exact) mass is 283 g/mol. The summed E-state index contributed by atoms with van der Waals surface area (Å²) in [6.45, 7) is 9.75. The Balaban J connectivity index is 1.69. The first kappa shape index (κ1) is 14.6. The Hall–Kier alpha value is -1.38. The number of benzene rings is 2. The minimum Gasteiger partial charge on any atom is -0.387 e. The molecule has 112 valence electrons. The van der Waals surface area contributed by atoms with Gasteiger partial charge in [-0.1, -0.05) is 64.1 Å². The maximum atomic E-state index is 10.4. The van der Waals surface area contributed by atoms with Crippen LogP contribution >= 0.6 is 0 Å². The zero-order chi connectivity index (χ0) is 15.3. The van der Waals surface area contributed by atoms with Crippen molar-refractivity contribution in [1.29, 1.82) is 0 Å². The van der Waals surface area contributed by atoms with E-state index in [-0.39, 0.29) is 0 Å². The average Bonchev–Trinajstić information content (AvgIpc) is 2.85. The molecule has 3 rings (SSSR count). The van der Waals surface area contributed by atoms with E-state index in [0.29, 0.717) is 23.4 Å². The summed E-state index contributed by atoms with van der Waals surface area (Å²) in [6, 6.07) is 14.9. The van der Waals surface area contributed by atoms with E-state index in [1.165, 1.54) is 10.8 Å². The molecule has 1 unspecified atom stereocenters. The molecule has 0 aliphatic heterocycles. The second kappa shape index (κ2) is 4.82. The second-order valence-electron chi connectivity index (χ2n) is 7.41. The van der Waals surface area contributed by atoms with Crippen molar-refractivity contribution in [2.75, 3.05) is 6.54 Å². The maximum Gasteiger partial charge on any atom is 0.0914 e. The van der Waals surface area contributed by atoms with E-state index in [9.17, 15) is 5.11 Å². The summed E-state index contributed by atoms with van der Waals surface area (Å²) in [6.07, 6.45) is -0.457. The predicted molar refractivity (Wildman–Crippen MR) is 88.3 cm³/mol. The van der Waals surface area contributed by atoms with E-state index in [1.807, 2.05) is 18.2 Å². The van der Waals surface area contributed by atoms with Crippen molar-refractivity contribution in [2.24, 2.45) is 10.8 Å². The molecule has 0 spiro atoms. The van der Waals surface area contributed by atoms with E-state index >= 15 is 0 Å². The molecule has 0 amide bonds. The van der Waals surface area contributed by atoms with E-state index in [4.69, 9.17) is 0 Å². The van der Waals surface area contributed by atoms with Crippen molar-refractivity contribution < 1.29 is 5.11 Å². The Morgan fingerprint density at radius 2 is 1.62 bits per heavy atom. The largest absolute Gasteiger partial charge is 0.387 e. The molecule has 0 bridgehead atoms. The van der Waals surface area contributed by atoms with Gasteiger partial charge in [0.05, 0.1) is 6.10 Å². The van der Waals surface area contributed by atoms with Crippen LogP contribution in [0.15, 0.2) is 42.5 Å². The minimum atomic E-state index is -0.457. The van der Waals surface area contributed by atoms with Crippen molar-refractivity contribution in [2.45, 2.75) is 39.8 Å². The molecule has 2 aromatic rings. The number of fused-ring (bicyclic) bond motifs is 1. The molecular weight excluding hydrogens is 258 g/mol. The Kier molecular flexibility index (Phi) is 3.34. The lowest BCUT2D eigenvalue weighted by molar-refractivity contribution is 0.172. The molecule has 2 aromatic carbocycles. The first-order valence-corrected chi connectivity index (χ1v) is 7.74. The van der Waals surface area contributed by atoms with Gasteiger partial charge in [-0.3, -0.25) is 0 Å².